The molecule has 0 atom stereocenters. The zero-order valence-electron chi connectivity index (χ0n) is 12.6. The molecule has 0 radical (unpaired) electrons. The molecule has 0 aliphatic heterocycles. The number of allylic oxidation sites excluding steroid dienone is 1. The molecule has 0 saturated heterocycles. The van der Waals surface area contributed by atoms with Crippen molar-refractivity contribution < 1.29 is 14.3 Å². The predicted molar refractivity (Wildman–Crippen MR) is 80.9 cm³/mol. The minimum absolute atomic E-state index is 0.0980. The molecule has 0 fully saturated rings. The fourth-order valence-corrected chi connectivity index (χ4v) is 2.03. The topological polar surface area (TPSA) is 53.4 Å². The van der Waals surface area contributed by atoms with E-state index in [2.05, 4.69) is 5.10 Å². The van der Waals surface area contributed by atoms with Crippen LogP contribution in [0.2, 0.25) is 0 Å². The van der Waals surface area contributed by atoms with Crippen LogP contribution in [0.5, 0.6) is 11.5 Å². The van der Waals surface area contributed by atoms with Crippen LogP contribution in [-0.2, 0) is 7.05 Å². The minimum Gasteiger partial charge on any atom is -0.493 e. The molecular weight excluding hydrogens is 268 g/mol. The Morgan fingerprint density at radius 1 is 1.24 bits per heavy atom. The Morgan fingerprint density at radius 2 is 1.95 bits per heavy atom. The van der Waals surface area contributed by atoms with Crippen molar-refractivity contribution in [3.63, 3.8) is 0 Å². The van der Waals surface area contributed by atoms with Crippen LogP contribution in [0.25, 0.3) is 6.08 Å². The van der Waals surface area contributed by atoms with Gasteiger partial charge in [-0.25, -0.2) is 0 Å². The summed E-state index contributed by atoms with van der Waals surface area (Å²) in [5, 5.41) is 4.23. The Balaban J connectivity index is 2.22. The fourth-order valence-electron chi connectivity index (χ4n) is 2.03. The maximum Gasteiger partial charge on any atom is 0.185 e. The molecule has 0 unspecified atom stereocenters. The summed E-state index contributed by atoms with van der Waals surface area (Å²) in [7, 11) is 4.95. The molecule has 1 aromatic carbocycles. The first-order chi connectivity index (χ1) is 10.0. The van der Waals surface area contributed by atoms with Gasteiger partial charge in [-0.1, -0.05) is 0 Å². The molecule has 1 aromatic heterocycles. The highest BCUT2D eigenvalue weighted by Gasteiger charge is 2.09. The van der Waals surface area contributed by atoms with Crippen molar-refractivity contribution in [1.29, 1.82) is 0 Å². The molecule has 0 spiro atoms. The van der Waals surface area contributed by atoms with E-state index in [4.69, 9.17) is 9.47 Å². The summed E-state index contributed by atoms with van der Waals surface area (Å²) >= 11 is 0. The van der Waals surface area contributed by atoms with Gasteiger partial charge in [-0.05, 0) is 37.3 Å². The van der Waals surface area contributed by atoms with Crippen molar-refractivity contribution in [2.45, 2.75) is 6.92 Å². The molecule has 1 heterocycles. The van der Waals surface area contributed by atoms with Crippen LogP contribution >= 0.6 is 0 Å². The third-order valence-electron chi connectivity index (χ3n) is 3.13. The lowest BCUT2D eigenvalue weighted by molar-refractivity contribution is 0.104. The van der Waals surface area contributed by atoms with Gasteiger partial charge in [-0.15, -0.1) is 0 Å². The number of methoxy groups -OCH3 is 2. The smallest absolute Gasteiger partial charge is 0.185 e. The quantitative estimate of drug-likeness (QED) is 0.626. The van der Waals surface area contributed by atoms with Gasteiger partial charge in [-0.2, -0.15) is 5.10 Å². The predicted octanol–water partition coefficient (Wildman–Crippen LogP) is 2.64. The monoisotopic (exact) mass is 286 g/mol. The van der Waals surface area contributed by atoms with E-state index in [1.54, 1.807) is 43.2 Å². The normalized spacial score (nSPS) is 10.9. The van der Waals surface area contributed by atoms with E-state index >= 15 is 0 Å². The van der Waals surface area contributed by atoms with Crippen LogP contribution in [0.4, 0.5) is 0 Å². The summed E-state index contributed by atoms with van der Waals surface area (Å²) in [6.07, 6.45) is 5.17. The van der Waals surface area contributed by atoms with Gasteiger partial charge in [0, 0.05) is 24.4 Å². The second-order valence-corrected chi connectivity index (χ2v) is 4.61. The van der Waals surface area contributed by atoms with Crippen LogP contribution in [0.15, 0.2) is 30.5 Å². The highest BCUT2D eigenvalue weighted by atomic mass is 16.5. The van der Waals surface area contributed by atoms with E-state index in [9.17, 15) is 4.79 Å². The van der Waals surface area contributed by atoms with Gasteiger partial charge in [0.25, 0.3) is 0 Å². The summed E-state index contributed by atoms with van der Waals surface area (Å²) < 4.78 is 12.1. The number of hydrogen-bond donors (Lipinski definition) is 0. The standard InChI is InChI=1S/C16H18N2O3/c1-11-13(10-18(2)17-11)5-7-14(19)12-6-8-15(20-3)16(9-12)21-4/h5-10H,1-4H3/b7-5+. The molecule has 5 heteroatoms. The summed E-state index contributed by atoms with van der Waals surface area (Å²) in [6, 6.07) is 5.10. The maximum atomic E-state index is 12.2. The number of aromatic nitrogens is 2. The highest BCUT2D eigenvalue weighted by Crippen LogP contribution is 2.27. The van der Waals surface area contributed by atoms with Crippen LogP contribution in [0, 0.1) is 6.92 Å². The summed E-state index contributed by atoms with van der Waals surface area (Å²) in [4.78, 5) is 12.2. The van der Waals surface area contributed by atoms with E-state index in [1.807, 2.05) is 20.2 Å². The average Bonchev–Trinajstić information content (AvgIpc) is 2.81. The van der Waals surface area contributed by atoms with Gasteiger partial charge in [0.05, 0.1) is 19.9 Å². The van der Waals surface area contributed by atoms with Gasteiger partial charge >= 0.3 is 0 Å². The largest absolute Gasteiger partial charge is 0.493 e. The van der Waals surface area contributed by atoms with E-state index in [0.717, 1.165) is 11.3 Å². The summed E-state index contributed by atoms with van der Waals surface area (Å²) in [5.74, 6) is 1.04. The molecule has 0 aliphatic rings. The molecular formula is C16H18N2O3. The molecule has 0 bridgehead atoms. The van der Waals surface area contributed by atoms with E-state index in [-0.39, 0.29) is 5.78 Å². The summed E-state index contributed by atoms with van der Waals surface area (Å²) in [6.45, 7) is 1.90. The molecule has 0 saturated carbocycles. The molecule has 110 valence electrons. The number of carbonyl (C=O) groups is 1. The van der Waals surface area contributed by atoms with Crippen molar-refractivity contribution >= 4 is 11.9 Å². The van der Waals surface area contributed by atoms with Gasteiger partial charge in [0.2, 0.25) is 0 Å². The Labute approximate surface area is 123 Å². The SMILES string of the molecule is COc1ccc(C(=O)/C=C/c2cn(C)nc2C)cc1OC. The van der Waals surface area contributed by atoms with Crippen molar-refractivity contribution in [3.05, 3.63) is 47.3 Å². The van der Waals surface area contributed by atoms with E-state index in [1.165, 1.54) is 6.08 Å². The molecule has 0 amide bonds. The number of rotatable bonds is 5. The third kappa shape index (κ3) is 3.31. The van der Waals surface area contributed by atoms with Crippen molar-refractivity contribution in [2.75, 3.05) is 14.2 Å². The number of nitrogens with zero attached hydrogens (tertiary/aromatic N) is 2. The number of ether oxygens (including phenoxy) is 2. The van der Waals surface area contributed by atoms with Gasteiger partial charge < -0.3 is 9.47 Å². The van der Waals surface area contributed by atoms with Crippen molar-refractivity contribution in [3.8, 4) is 11.5 Å². The molecule has 2 aromatic rings. The number of carbonyl (C=O) groups excluding carboxylic acids is 1. The Morgan fingerprint density at radius 3 is 2.52 bits per heavy atom. The van der Waals surface area contributed by atoms with Gasteiger partial charge in [0.15, 0.2) is 17.3 Å². The third-order valence-corrected chi connectivity index (χ3v) is 3.13. The van der Waals surface area contributed by atoms with Crippen molar-refractivity contribution in [1.82, 2.24) is 9.78 Å². The molecule has 0 N–H and O–H groups in total. The molecule has 21 heavy (non-hydrogen) atoms. The van der Waals surface area contributed by atoms with E-state index < -0.39 is 0 Å². The number of ketones is 1. The maximum absolute atomic E-state index is 12.2. The zero-order chi connectivity index (χ0) is 15.4. The average molecular weight is 286 g/mol. The Kier molecular flexibility index (Phi) is 4.42. The van der Waals surface area contributed by atoms with Gasteiger partial charge in [0.1, 0.15) is 0 Å². The number of hydrogen-bond acceptors (Lipinski definition) is 4. The Bertz CT molecular complexity index is 687. The Hall–Kier alpha value is -2.56. The number of benzene rings is 1. The first-order valence-electron chi connectivity index (χ1n) is 6.50. The lowest BCUT2D eigenvalue weighted by Crippen LogP contribution is -1.97. The van der Waals surface area contributed by atoms with E-state index in [0.29, 0.717) is 17.1 Å². The highest BCUT2D eigenvalue weighted by molar-refractivity contribution is 6.07. The number of aryl methyl sites for hydroxylation is 2. The zero-order valence-corrected chi connectivity index (χ0v) is 12.6. The first kappa shape index (κ1) is 14.8. The second kappa shape index (κ2) is 6.26. The second-order valence-electron chi connectivity index (χ2n) is 4.61. The van der Waals surface area contributed by atoms with Crippen molar-refractivity contribution in [2.24, 2.45) is 7.05 Å². The van der Waals surface area contributed by atoms with Crippen LogP contribution in [0.1, 0.15) is 21.6 Å². The lowest BCUT2D eigenvalue weighted by Gasteiger charge is -2.07. The molecule has 0 aliphatic carbocycles. The summed E-state index contributed by atoms with van der Waals surface area (Å²) in [5.41, 5.74) is 2.35. The minimum atomic E-state index is -0.0980. The molecule has 2 rings (SSSR count). The van der Waals surface area contributed by atoms with Crippen LogP contribution < -0.4 is 9.47 Å². The first-order valence-corrected chi connectivity index (χ1v) is 6.50. The van der Waals surface area contributed by atoms with Crippen LogP contribution in [0.3, 0.4) is 0 Å². The van der Waals surface area contributed by atoms with Crippen LogP contribution in [-0.4, -0.2) is 29.8 Å². The van der Waals surface area contributed by atoms with Gasteiger partial charge in [-0.3, -0.25) is 9.48 Å². The fraction of sp³-hybridized carbons (Fsp3) is 0.250. The lowest BCUT2D eigenvalue weighted by atomic mass is 10.1. The molecule has 5 nitrogen and oxygen atoms in total.